The summed E-state index contributed by atoms with van der Waals surface area (Å²) in [5.41, 5.74) is 4.88. The van der Waals surface area contributed by atoms with E-state index in [0.29, 0.717) is 0 Å². The van der Waals surface area contributed by atoms with Gasteiger partial charge in [0.25, 0.3) is 0 Å². The average Bonchev–Trinajstić information content (AvgIpc) is 3.00. The Labute approximate surface area is 184 Å². The van der Waals surface area contributed by atoms with Crippen LogP contribution in [0, 0.1) is 13.8 Å². The maximum Gasteiger partial charge on any atom is 0.241 e. The Hall–Kier alpha value is -1.45. The molecular formula is C19H21BrClN3O2S2. The Morgan fingerprint density at radius 2 is 1.89 bits per heavy atom. The van der Waals surface area contributed by atoms with Crippen molar-refractivity contribution < 1.29 is 8.42 Å². The summed E-state index contributed by atoms with van der Waals surface area (Å²) in [5.74, 6) is 0. The number of rotatable bonds is 4. The summed E-state index contributed by atoms with van der Waals surface area (Å²) < 4.78 is 28.6. The second-order valence-electron chi connectivity index (χ2n) is 6.15. The molecule has 0 atom stereocenters. The van der Waals surface area contributed by atoms with Gasteiger partial charge in [-0.25, -0.2) is 18.1 Å². The van der Waals surface area contributed by atoms with Gasteiger partial charge in [-0.05, 0) is 50.2 Å². The molecule has 1 aromatic heterocycles. The lowest BCUT2D eigenvalue weighted by Crippen LogP contribution is -2.19. The van der Waals surface area contributed by atoms with E-state index in [2.05, 4.69) is 24.6 Å². The highest BCUT2D eigenvalue weighted by molar-refractivity contribution is 8.93. The van der Waals surface area contributed by atoms with Crippen LogP contribution in [0.5, 0.6) is 0 Å². The molecule has 0 aliphatic heterocycles. The zero-order valence-corrected chi connectivity index (χ0v) is 20.0. The molecule has 0 aliphatic rings. The quantitative estimate of drug-likeness (QED) is 0.560. The van der Waals surface area contributed by atoms with Crippen molar-refractivity contribution in [3.05, 3.63) is 62.7 Å². The van der Waals surface area contributed by atoms with Gasteiger partial charge in [0.15, 0.2) is 4.80 Å². The second kappa shape index (κ2) is 8.92. The Kier molecular flexibility index (Phi) is 7.27. The molecule has 150 valence electrons. The lowest BCUT2D eigenvalue weighted by Gasteiger charge is -2.09. The molecule has 9 heteroatoms. The molecule has 0 radical (unpaired) electrons. The molecule has 0 aliphatic carbocycles. The maximum atomic E-state index is 12.2. The third-order valence-corrected chi connectivity index (χ3v) is 7.31. The minimum Gasteiger partial charge on any atom is -0.320 e. The molecule has 0 fully saturated rings. The Bertz CT molecular complexity index is 1180. The third-order valence-electron chi connectivity index (χ3n) is 4.50. The van der Waals surface area contributed by atoms with Crippen LogP contribution >= 0.6 is 39.9 Å². The van der Waals surface area contributed by atoms with Crippen LogP contribution in [0.25, 0.3) is 11.3 Å². The number of aromatic nitrogens is 1. The molecule has 0 unspecified atom stereocenters. The molecule has 0 amide bonds. The fraction of sp³-hybridized carbons (Fsp3) is 0.211. The van der Waals surface area contributed by atoms with Crippen molar-refractivity contribution >= 4 is 55.6 Å². The number of thiazole rings is 1. The normalized spacial score (nSPS) is 12.1. The standard InChI is InChI=1S/C19H20ClN3O2S2.BrH/c1-12-6-5-7-16(13(12)2)22-19-23(4)17(11-26-19)14-8-9-15(20)18(10-14)27(24,25)21-3;/h5-11,21H,1-4H3;1H. The molecule has 28 heavy (non-hydrogen) atoms. The highest BCUT2D eigenvalue weighted by atomic mass is 79.9. The minimum atomic E-state index is -3.64. The number of nitrogens with one attached hydrogen (secondary N) is 1. The topological polar surface area (TPSA) is 63.5 Å². The molecule has 3 aromatic rings. The van der Waals surface area contributed by atoms with Crippen LogP contribution < -0.4 is 9.52 Å². The van der Waals surface area contributed by atoms with Crippen molar-refractivity contribution in [2.75, 3.05) is 7.05 Å². The van der Waals surface area contributed by atoms with Crippen LogP contribution in [0.15, 0.2) is 51.7 Å². The van der Waals surface area contributed by atoms with Gasteiger partial charge in [-0.1, -0.05) is 29.8 Å². The first kappa shape index (κ1) is 22.8. The Morgan fingerprint density at radius 1 is 1.18 bits per heavy atom. The zero-order chi connectivity index (χ0) is 19.8. The Morgan fingerprint density at radius 3 is 2.57 bits per heavy atom. The molecule has 5 nitrogen and oxygen atoms in total. The predicted octanol–water partition coefficient (Wildman–Crippen LogP) is 4.74. The number of hydrogen-bond acceptors (Lipinski definition) is 4. The van der Waals surface area contributed by atoms with Crippen LogP contribution in [0.1, 0.15) is 11.1 Å². The number of halogens is 2. The van der Waals surface area contributed by atoms with Crippen LogP contribution in [-0.2, 0) is 17.1 Å². The predicted molar refractivity (Wildman–Crippen MR) is 121 cm³/mol. The van der Waals surface area contributed by atoms with Crippen LogP contribution in [0.2, 0.25) is 5.02 Å². The summed E-state index contributed by atoms with van der Waals surface area (Å²) >= 11 is 7.59. The smallest absolute Gasteiger partial charge is 0.241 e. The largest absolute Gasteiger partial charge is 0.320 e. The van der Waals surface area contributed by atoms with Crippen molar-refractivity contribution in [2.24, 2.45) is 12.0 Å². The van der Waals surface area contributed by atoms with Crippen LogP contribution in [0.4, 0.5) is 5.69 Å². The number of benzene rings is 2. The van der Waals surface area contributed by atoms with Gasteiger partial charge in [0.05, 0.1) is 16.4 Å². The van der Waals surface area contributed by atoms with E-state index in [1.165, 1.54) is 23.9 Å². The van der Waals surface area contributed by atoms with Crippen LogP contribution in [-0.4, -0.2) is 20.0 Å². The third kappa shape index (κ3) is 4.41. The molecule has 2 aromatic carbocycles. The number of hydrogen-bond donors (Lipinski definition) is 1. The van der Waals surface area contributed by atoms with Gasteiger partial charge in [0.2, 0.25) is 10.0 Å². The van der Waals surface area contributed by atoms with E-state index in [1.807, 2.05) is 29.1 Å². The van der Waals surface area contributed by atoms with Crippen molar-refractivity contribution in [1.82, 2.24) is 9.29 Å². The van der Waals surface area contributed by atoms with E-state index in [4.69, 9.17) is 16.6 Å². The second-order valence-corrected chi connectivity index (χ2v) is 9.24. The molecule has 0 bridgehead atoms. The van der Waals surface area contributed by atoms with Gasteiger partial charge in [0, 0.05) is 18.0 Å². The maximum absolute atomic E-state index is 12.2. The Balaban J connectivity index is 0.00000280. The first-order chi connectivity index (χ1) is 12.7. The van der Waals surface area contributed by atoms with E-state index in [0.717, 1.165) is 27.3 Å². The first-order valence-corrected chi connectivity index (χ1v) is 11.0. The summed E-state index contributed by atoms with van der Waals surface area (Å²) in [6, 6.07) is 11.0. The molecule has 1 N–H and O–H groups in total. The molecular weight excluding hydrogens is 482 g/mol. The molecule has 0 saturated heterocycles. The van der Waals surface area contributed by atoms with Crippen LogP contribution in [0.3, 0.4) is 0 Å². The fourth-order valence-electron chi connectivity index (χ4n) is 2.67. The van der Waals surface area contributed by atoms with Gasteiger partial charge in [-0.3, -0.25) is 0 Å². The number of sulfonamides is 1. The first-order valence-electron chi connectivity index (χ1n) is 8.23. The average molecular weight is 503 g/mol. The SMILES string of the molecule is Br.CNS(=O)(=O)c1cc(-c2csc(=Nc3cccc(C)c3C)n2C)ccc1Cl. The van der Waals surface area contributed by atoms with Crippen molar-refractivity contribution in [2.45, 2.75) is 18.7 Å². The van der Waals surface area contributed by atoms with Gasteiger partial charge in [0.1, 0.15) is 4.90 Å². The summed E-state index contributed by atoms with van der Waals surface area (Å²) in [7, 11) is -0.357. The monoisotopic (exact) mass is 501 g/mol. The molecule has 0 spiro atoms. The highest BCUT2D eigenvalue weighted by Gasteiger charge is 2.18. The van der Waals surface area contributed by atoms with E-state index >= 15 is 0 Å². The van der Waals surface area contributed by atoms with E-state index in [-0.39, 0.29) is 26.9 Å². The summed E-state index contributed by atoms with van der Waals surface area (Å²) in [6.07, 6.45) is 0. The minimum absolute atomic E-state index is 0. The molecule has 0 saturated carbocycles. The molecule has 3 rings (SSSR count). The van der Waals surface area contributed by atoms with E-state index < -0.39 is 10.0 Å². The summed E-state index contributed by atoms with van der Waals surface area (Å²) in [5, 5.41) is 2.15. The zero-order valence-electron chi connectivity index (χ0n) is 15.9. The van der Waals surface area contributed by atoms with Crippen molar-refractivity contribution in [3.63, 3.8) is 0 Å². The highest BCUT2D eigenvalue weighted by Crippen LogP contribution is 2.28. The molecule has 1 heterocycles. The summed E-state index contributed by atoms with van der Waals surface area (Å²) in [6.45, 7) is 4.11. The number of nitrogens with zero attached hydrogens (tertiary/aromatic N) is 2. The van der Waals surface area contributed by atoms with Crippen molar-refractivity contribution in [3.8, 4) is 11.3 Å². The van der Waals surface area contributed by atoms with Gasteiger partial charge < -0.3 is 4.57 Å². The van der Waals surface area contributed by atoms with Crippen molar-refractivity contribution in [1.29, 1.82) is 0 Å². The summed E-state index contributed by atoms with van der Waals surface area (Å²) in [4.78, 5) is 5.66. The fourth-order valence-corrected chi connectivity index (χ4v) is 4.84. The number of aryl methyl sites for hydroxylation is 1. The lowest BCUT2D eigenvalue weighted by atomic mass is 10.1. The van der Waals surface area contributed by atoms with Gasteiger partial charge in [-0.2, -0.15) is 0 Å². The van der Waals surface area contributed by atoms with E-state index in [1.54, 1.807) is 18.2 Å². The van der Waals surface area contributed by atoms with Gasteiger partial charge in [-0.15, -0.1) is 28.3 Å². The van der Waals surface area contributed by atoms with Gasteiger partial charge >= 0.3 is 0 Å². The van der Waals surface area contributed by atoms with E-state index in [9.17, 15) is 8.42 Å². The lowest BCUT2D eigenvalue weighted by molar-refractivity contribution is 0.588.